The third-order valence-corrected chi connectivity index (χ3v) is 4.54. The fourth-order valence-electron chi connectivity index (χ4n) is 2.95. The first-order valence-electron chi connectivity index (χ1n) is 7.49. The standard InChI is InChI=1S/C16H21N3O2/c1-9-3-5-12(7-10(9)2)21-16-18-14-6-4-11(17)8-13(14)15(20)19-16/h4,6,8-10,12H,3,5,7,17H2,1-2H3,(H,18,19,20). The van der Waals surface area contributed by atoms with Crippen molar-refractivity contribution in [3.63, 3.8) is 0 Å². The minimum atomic E-state index is -0.209. The normalized spacial score (nSPS) is 25.9. The topological polar surface area (TPSA) is 81.0 Å². The number of nitrogens with two attached hydrogens (primary N) is 1. The van der Waals surface area contributed by atoms with E-state index in [0.29, 0.717) is 28.5 Å². The summed E-state index contributed by atoms with van der Waals surface area (Å²) in [5, 5.41) is 0.494. The maximum Gasteiger partial charge on any atom is 0.297 e. The number of aromatic amines is 1. The molecule has 3 atom stereocenters. The highest BCUT2D eigenvalue weighted by atomic mass is 16.5. The molecule has 112 valence electrons. The maximum absolute atomic E-state index is 12.1. The van der Waals surface area contributed by atoms with Crippen LogP contribution in [0.5, 0.6) is 6.01 Å². The fraction of sp³-hybridized carbons (Fsp3) is 0.500. The Hall–Kier alpha value is -2.04. The second-order valence-corrected chi connectivity index (χ2v) is 6.16. The van der Waals surface area contributed by atoms with Crippen molar-refractivity contribution in [2.24, 2.45) is 11.8 Å². The summed E-state index contributed by atoms with van der Waals surface area (Å²) in [5.74, 6) is 1.37. The van der Waals surface area contributed by atoms with Crippen LogP contribution >= 0.6 is 0 Å². The molecule has 1 aliphatic rings. The molecular formula is C16H21N3O2. The first-order chi connectivity index (χ1) is 10.0. The highest BCUT2D eigenvalue weighted by Gasteiger charge is 2.26. The number of nitrogen functional groups attached to an aromatic ring is 1. The molecule has 0 bridgehead atoms. The second kappa shape index (κ2) is 5.39. The van der Waals surface area contributed by atoms with Gasteiger partial charge < -0.3 is 10.5 Å². The van der Waals surface area contributed by atoms with Gasteiger partial charge in [0, 0.05) is 5.69 Å². The highest BCUT2D eigenvalue weighted by molar-refractivity contribution is 5.81. The van der Waals surface area contributed by atoms with E-state index in [2.05, 4.69) is 23.8 Å². The quantitative estimate of drug-likeness (QED) is 0.832. The Kier molecular flexibility index (Phi) is 3.57. The summed E-state index contributed by atoms with van der Waals surface area (Å²) in [5.41, 5.74) is 6.65. The summed E-state index contributed by atoms with van der Waals surface area (Å²) < 4.78 is 5.90. The number of rotatable bonds is 2. The van der Waals surface area contributed by atoms with Crippen molar-refractivity contribution in [3.8, 4) is 6.01 Å². The van der Waals surface area contributed by atoms with E-state index in [9.17, 15) is 4.79 Å². The Morgan fingerprint density at radius 2 is 2.10 bits per heavy atom. The van der Waals surface area contributed by atoms with Gasteiger partial charge in [0.1, 0.15) is 6.10 Å². The minimum absolute atomic E-state index is 0.130. The first-order valence-corrected chi connectivity index (χ1v) is 7.49. The van der Waals surface area contributed by atoms with Gasteiger partial charge in [-0.2, -0.15) is 4.98 Å². The number of anilines is 1. The predicted molar refractivity (Wildman–Crippen MR) is 83.4 cm³/mol. The molecule has 0 aliphatic heterocycles. The zero-order chi connectivity index (χ0) is 15.0. The van der Waals surface area contributed by atoms with Crippen molar-refractivity contribution < 1.29 is 4.74 Å². The van der Waals surface area contributed by atoms with Crippen LogP contribution in [0.15, 0.2) is 23.0 Å². The van der Waals surface area contributed by atoms with Crippen LogP contribution in [-0.2, 0) is 0 Å². The number of aromatic nitrogens is 2. The van der Waals surface area contributed by atoms with Crippen molar-refractivity contribution in [1.29, 1.82) is 0 Å². The predicted octanol–water partition coefficient (Wildman–Crippen LogP) is 2.71. The van der Waals surface area contributed by atoms with Crippen molar-refractivity contribution in [1.82, 2.24) is 9.97 Å². The number of benzene rings is 1. The van der Waals surface area contributed by atoms with E-state index in [4.69, 9.17) is 10.5 Å². The molecule has 5 heteroatoms. The Morgan fingerprint density at radius 1 is 1.29 bits per heavy atom. The van der Waals surface area contributed by atoms with E-state index in [1.54, 1.807) is 18.2 Å². The maximum atomic E-state index is 12.1. The highest BCUT2D eigenvalue weighted by Crippen LogP contribution is 2.31. The number of H-pyrrole nitrogens is 1. The molecule has 0 radical (unpaired) electrons. The van der Waals surface area contributed by atoms with Gasteiger partial charge in [0.05, 0.1) is 10.9 Å². The summed E-state index contributed by atoms with van der Waals surface area (Å²) in [6.45, 7) is 4.53. The van der Waals surface area contributed by atoms with E-state index < -0.39 is 0 Å². The van der Waals surface area contributed by atoms with Gasteiger partial charge >= 0.3 is 0 Å². The fourth-order valence-corrected chi connectivity index (χ4v) is 2.95. The second-order valence-electron chi connectivity index (χ2n) is 6.16. The van der Waals surface area contributed by atoms with E-state index in [-0.39, 0.29) is 11.7 Å². The van der Waals surface area contributed by atoms with Crippen LogP contribution in [-0.4, -0.2) is 16.1 Å². The van der Waals surface area contributed by atoms with Crippen molar-refractivity contribution in [2.75, 3.05) is 5.73 Å². The number of fused-ring (bicyclic) bond motifs is 1. The van der Waals surface area contributed by atoms with Crippen molar-refractivity contribution in [2.45, 2.75) is 39.2 Å². The van der Waals surface area contributed by atoms with Gasteiger partial charge in [-0.3, -0.25) is 9.78 Å². The van der Waals surface area contributed by atoms with Gasteiger partial charge in [0.15, 0.2) is 0 Å². The Labute approximate surface area is 123 Å². The van der Waals surface area contributed by atoms with Crippen LogP contribution < -0.4 is 16.0 Å². The molecule has 21 heavy (non-hydrogen) atoms. The van der Waals surface area contributed by atoms with Gasteiger partial charge in [0.25, 0.3) is 11.6 Å². The van der Waals surface area contributed by atoms with Gasteiger partial charge in [-0.1, -0.05) is 13.8 Å². The lowest BCUT2D eigenvalue weighted by Crippen LogP contribution is -2.29. The third-order valence-electron chi connectivity index (χ3n) is 4.54. The number of ether oxygens (including phenoxy) is 1. The van der Waals surface area contributed by atoms with E-state index in [1.165, 1.54) is 0 Å². The lowest BCUT2D eigenvalue weighted by atomic mass is 9.80. The number of nitrogens with zero attached hydrogens (tertiary/aromatic N) is 1. The van der Waals surface area contributed by atoms with Crippen LogP contribution in [0.4, 0.5) is 5.69 Å². The van der Waals surface area contributed by atoms with Crippen LogP contribution in [0.2, 0.25) is 0 Å². The molecule has 0 amide bonds. The van der Waals surface area contributed by atoms with Crippen molar-refractivity contribution in [3.05, 3.63) is 28.6 Å². The summed E-state index contributed by atoms with van der Waals surface area (Å²) >= 11 is 0. The molecule has 3 N–H and O–H groups in total. The zero-order valence-electron chi connectivity index (χ0n) is 12.4. The SMILES string of the molecule is CC1CCC(Oc2nc3ccc(N)cc3c(=O)[nH]2)CC1C. The van der Waals surface area contributed by atoms with Gasteiger partial charge in [0.2, 0.25) is 0 Å². The third kappa shape index (κ3) is 2.86. The molecule has 1 saturated carbocycles. The first kappa shape index (κ1) is 13.9. The smallest absolute Gasteiger partial charge is 0.297 e. The molecule has 3 unspecified atom stereocenters. The monoisotopic (exact) mass is 287 g/mol. The average Bonchev–Trinajstić information content (AvgIpc) is 2.44. The summed E-state index contributed by atoms with van der Waals surface area (Å²) in [6, 6.07) is 5.43. The summed E-state index contributed by atoms with van der Waals surface area (Å²) in [7, 11) is 0. The molecule has 1 aromatic heterocycles. The molecule has 0 saturated heterocycles. The Morgan fingerprint density at radius 3 is 2.86 bits per heavy atom. The van der Waals surface area contributed by atoms with Gasteiger partial charge in [-0.15, -0.1) is 0 Å². The zero-order valence-corrected chi connectivity index (χ0v) is 12.4. The molecule has 1 fully saturated rings. The molecule has 0 spiro atoms. The minimum Gasteiger partial charge on any atom is -0.461 e. The van der Waals surface area contributed by atoms with Crippen LogP contribution in [0, 0.1) is 11.8 Å². The van der Waals surface area contributed by atoms with E-state index in [1.807, 2.05) is 0 Å². The molecule has 1 aliphatic carbocycles. The molecule has 2 aromatic rings. The lowest BCUT2D eigenvalue weighted by Gasteiger charge is -2.31. The molecule has 3 rings (SSSR count). The van der Waals surface area contributed by atoms with Gasteiger partial charge in [-0.05, 0) is 49.3 Å². The average molecular weight is 287 g/mol. The number of hydrogen-bond donors (Lipinski definition) is 2. The molecule has 5 nitrogen and oxygen atoms in total. The van der Waals surface area contributed by atoms with E-state index >= 15 is 0 Å². The summed E-state index contributed by atoms with van der Waals surface area (Å²) in [6.07, 6.45) is 3.30. The Bertz CT molecular complexity index is 710. The largest absolute Gasteiger partial charge is 0.461 e. The van der Waals surface area contributed by atoms with Crippen LogP contribution in [0.25, 0.3) is 10.9 Å². The lowest BCUT2D eigenvalue weighted by molar-refractivity contribution is 0.0921. The molecular weight excluding hydrogens is 266 g/mol. The summed E-state index contributed by atoms with van der Waals surface area (Å²) in [4.78, 5) is 19.2. The van der Waals surface area contributed by atoms with E-state index in [0.717, 1.165) is 25.2 Å². The molecule has 1 aromatic carbocycles. The van der Waals surface area contributed by atoms with Crippen LogP contribution in [0.3, 0.4) is 0 Å². The van der Waals surface area contributed by atoms with Gasteiger partial charge in [-0.25, -0.2) is 0 Å². The molecule has 1 heterocycles. The van der Waals surface area contributed by atoms with Crippen molar-refractivity contribution >= 4 is 16.6 Å². The number of nitrogens with one attached hydrogen (secondary N) is 1. The Balaban J connectivity index is 1.85. The number of hydrogen-bond acceptors (Lipinski definition) is 4. The van der Waals surface area contributed by atoms with Crippen LogP contribution in [0.1, 0.15) is 33.1 Å².